The normalized spacial score (nSPS) is 25.7. The summed E-state index contributed by atoms with van der Waals surface area (Å²) < 4.78 is 0. The van der Waals surface area contributed by atoms with Gasteiger partial charge in [0.25, 0.3) is 0 Å². The number of nitrogens with zero attached hydrogens (tertiary/aromatic N) is 1. The second-order valence-electron chi connectivity index (χ2n) is 7.49. The third kappa shape index (κ3) is 4.78. The van der Waals surface area contributed by atoms with Crippen LogP contribution in [0, 0.1) is 5.92 Å². The molecule has 2 fully saturated rings. The molecule has 3 rings (SSSR count). The van der Waals surface area contributed by atoms with Gasteiger partial charge in [-0.2, -0.15) is 0 Å². The Morgan fingerprint density at radius 1 is 1.36 bits per heavy atom. The molecule has 7 heteroatoms. The van der Waals surface area contributed by atoms with Gasteiger partial charge in [0, 0.05) is 19.0 Å². The largest absolute Gasteiger partial charge is 0.394 e. The molecule has 0 aliphatic carbocycles. The third-order valence-corrected chi connectivity index (χ3v) is 5.33. The van der Waals surface area contributed by atoms with E-state index >= 15 is 0 Å². The molecule has 3 N–H and O–H groups in total. The van der Waals surface area contributed by atoms with E-state index in [4.69, 9.17) is 0 Å². The van der Waals surface area contributed by atoms with Crippen LogP contribution in [-0.2, 0) is 14.4 Å². The topological polar surface area (TPSA) is 98.7 Å². The van der Waals surface area contributed by atoms with Crippen LogP contribution in [0.1, 0.15) is 31.7 Å². The van der Waals surface area contributed by atoms with Crippen molar-refractivity contribution >= 4 is 23.8 Å². The third-order valence-electron chi connectivity index (χ3n) is 5.33. The van der Waals surface area contributed by atoms with Crippen molar-refractivity contribution in [1.29, 1.82) is 0 Å². The minimum absolute atomic E-state index is 0.0721. The van der Waals surface area contributed by atoms with Gasteiger partial charge in [0.15, 0.2) is 0 Å². The molecule has 0 aromatic heterocycles. The number of carbonyl (C=O) groups excluding carboxylic acids is 3. The highest BCUT2D eigenvalue weighted by Crippen LogP contribution is 2.21. The molecule has 0 bridgehead atoms. The lowest BCUT2D eigenvalue weighted by atomic mass is 10.1. The number of amides is 3. The fourth-order valence-corrected chi connectivity index (χ4v) is 3.74. The Labute approximate surface area is 164 Å². The predicted octanol–water partition coefficient (Wildman–Crippen LogP) is 0.693. The monoisotopic (exact) mass is 385 g/mol. The molecule has 2 aliphatic rings. The zero-order valence-electron chi connectivity index (χ0n) is 16.0. The van der Waals surface area contributed by atoms with E-state index in [0.29, 0.717) is 25.8 Å². The van der Waals surface area contributed by atoms with Crippen LogP contribution in [-0.4, -0.2) is 59.0 Å². The number of hydrogen-bond acceptors (Lipinski definition) is 4. The van der Waals surface area contributed by atoms with Crippen LogP contribution in [0.5, 0.6) is 0 Å². The SMILES string of the molecule is CC(/C=C/c1ccccc1)C(=O)N1C[C@@H](NC(=O)[C@H]2CCC(=O)N2)C[C@H]1CO. The van der Waals surface area contributed by atoms with Crippen LogP contribution in [0.2, 0.25) is 0 Å². The molecule has 28 heavy (non-hydrogen) atoms. The maximum atomic E-state index is 12.9. The summed E-state index contributed by atoms with van der Waals surface area (Å²) in [4.78, 5) is 38.1. The van der Waals surface area contributed by atoms with Gasteiger partial charge in [-0.05, 0) is 18.4 Å². The Bertz CT molecular complexity index is 749. The molecular weight excluding hydrogens is 358 g/mol. The standard InChI is InChI=1S/C21H27N3O4/c1-14(7-8-15-5-3-2-4-6-15)21(28)24-12-16(11-17(24)13-25)22-20(27)18-9-10-19(26)23-18/h2-8,14,16-18,25H,9-13H2,1H3,(H,22,27)(H,23,26)/b8-7+/t14?,16-,17-,18+/m0/s1. The zero-order valence-corrected chi connectivity index (χ0v) is 16.0. The molecule has 2 saturated heterocycles. The van der Waals surface area contributed by atoms with Gasteiger partial charge in [0.05, 0.1) is 18.6 Å². The van der Waals surface area contributed by atoms with Crippen molar-refractivity contribution in [2.24, 2.45) is 5.92 Å². The number of benzene rings is 1. The molecule has 2 aliphatic heterocycles. The highest BCUT2D eigenvalue weighted by molar-refractivity contribution is 5.91. The van der Waals surface area contributed by atoms with E-state index in [0.717, 1.165) is 5.56 Å². The first-order valence-electron chi connectivity index (χ1n) is 9.72. The van der Waals surface area contributed by atoms with Crippen molar-refractivity contribution in [1.82, 2.24) is 15.5 Å². The number of hydrogen-bond donors (Lipinski definition) is 3. The maximum Gasteiger partial charge on any atom is 0.242 e. The molecule has 7 nitrogen and oxygen atoms in total. The Kier molecular flexibility index (Phi) is 6.46. The Morgan fingerprint density at radius 3 is 2.75 bits per heavy atom. The minimum atomic E-state index is -0.502. The molecule has 1 unspecified atom stereocenters. The van der Waals surface area contributed by atoms with Crippen LogP contribution < -0.4 is 10.6 Å². The van der Waals surface area contributed by atoms with Crippen molar-refractivity contribution in [3.63, 3.8) is 0 Å². The predicted molar refractivity (Wildman–Crippen MR) is 105 cm³/mol. The number of aliphatic hydroxyl groups is 1. The van der Waals surface area contributed by atoms with Crippen LogP contribution in [0.3, 0.4) is 0 Å². The Hall–Kier alpha value is -2.67. The van der Waals surface area contributed by atoms with Gasteiger partial charge in [0.1, 0.15) is 6.04 Å². The van der Waals surface area contributed by atoms with Gasteiger partial charge in [-0.1, -0.05) is 49.4 Å². The average Bonchev–Trinajstić information content (AvgIpc) is 3.32. The molecule has 0 saturated carbocycles. The van der Waals surface area contributed by atoms with Crippen molar-refractivity contribution < 1.29 is 19.5 Å². The fraction of sp³-hybridized carbons (Fsp3) is 0.476. The lowest BCUT2D eigenvalue weighted by molar-refractivity contribution is -0.135. The Balaban J connectivity index is 1.58. The second-order valence-corrected chi connectivity index (χ2v) is 7.49. The highest BCUT2D eigenvalue weighted by atomic mass is 16.3. The van der Waals surface area contributed by atoms with E-state index in [2.05, 4.69) is 10.6 Å². The summed E-state index contributed by atoms with van der Waals surface area (Å²) in [6.07, 6.45) is 5.12. The van der Waals surface area contributed by atoms with Gasteiger partial charge in [-0.3, -0.25) is 14.4 Å². The van der Waals surface area contributed by atoms with E-state index in [9.17, 15) is 19.5 Å². The molecule has 0 spiro atoms. The molecule has 0 radical (unpaired) electrons. The first kappa shape index (κ1) is 20.1. The van der Waals surface area contributed by atoms with Gasteiger partial charge in [-0.15, -0.1) is 0 Å². The first-order chi connectivity index (χ1) is 13.5. The van der Waals surface area contributed by atoms with Crippen LogP contribution in [0.4, 0.5) is 0 Å². The number of likely N-dealkylation sites (tertiary alicyclic amines) is 1. The highest BCUT2D eigenvalue weighted by Gasteiger charge is 2.38. The van der Waals surface area contributed by atoms with Crippen LogP contribution in [0.25, 0.3) is 6.08 Å². The van der Waals surface area contributed by atoms with E-state index in [1.807, 2.05) is 49.4 Å². The van der Waals surface area contributed by atoms with E-state index in [-0.39, 0.29) is 42.3 Å². The molecule has 1 aromatic rings. The number of rotatable bonds is 6. The van der Waals surface area contributed by atoms with Crippen molar-refractivity contribution in [2.45, 2.75) is 44.3 Å². The number of nitrogens with one attached hydrogen (secondary N) is 2. The fourth-order valence-electron chi connectivity index (χ4n) is 3.74. The van der Waals surface area contributed by atoms with Crippen LogP contribution in [0.15, 0.2) is 36.4 Å². The van der Waals surface area contributed by atoms with Gasteiger partial charge >= 0.3 is 0 Å². The maximum absolute atomic E-state index is 12.9. The summed E-state index contributed by atoms with van der Waals surface area (Å²) in [6.45, 7) is 2.05. The lowest BCUT2D eigenvalue weighted by Gasteiger charge is -2.25. The number of carbonyl (C=O) groups is 3. The Morgan fingerprint density at radius 2 is 2.11 bits per heavy atom. The summed E-state index contributed by atoms with van der Waals surface area (Å²) in [5, 5.41) is 15.2. The number of aliphatic hydroxyl groups excluding tert-OH is 1. The van der Waals surface area contributed by atoms with Crippen molar-refractivity contribution in [2.75, 3.05) is 13.2 Å². The molecule has 4 atom stereocenters. The lowest BCUT2D eigenvalue weighted by Crippen LogP contribution is -2.47. The zero-order chi connectivity index (χ0) is 20.1. The van der Waals surface area contributed by atoms with E-state index in [1.54, 1.807) is 4.90 Å². The summed E-state index contributed by atoms with van der Waals surface area (Å²) in [5.74, 6) is -0.746. The summed E-state index contributed by atoms with van der Waals surface area (Å²) >= 11 is 0. The molecular formula is C21H27N3O4. The average molecular weight is 385 g/mol. The first-order valence-corrected chi connectivity index (χ1v) is 9.72. The summed E-state index contributed by atoms with van der Waals surface area (Å²) in [5.41, 5.74) is 1.02. The van der Waals surface area contributed by atoms with Crippen LogP contribution >= 0.6 is 0 Å². The summed E-state index contributed by atoms with van der Waals surface area (Å²) in [7, 11) is 0. The molecule has 150 valence electrons. The molecule has 3 amide bonds. The second kappa shape index (κ2) is 9.01. The minimum Gasteiger partial charge on any atom is -0.394 e. The van der Waals surface area contributed by atoms with Gasteiger partial charge in [-0.25, -0.2) is 0 Å². The van der Waals surface area contributed by atoms with E-state index in [1.165, 1.54) is 0 Å². The van der Waals surface area contributed by atoms with E-state index < -0.39 is 6.04 Å². The van der Waals surface area contributed by atoms with Gasteiger partial charge in [0.2, 0.25) is 17.7 Å². The van der Waals surface area contributed by atoms with Crippen molar-refractivity contribution in [3.8, 4) is 0 Å². The molecule has 1 aromatic carbocycles. The molecule has 2 heterocycles. The van der Waals surface area contributed by atoms with Gasteiger partial charge < -0.3 is 20.6 Å². The summed E-state index contributed by atoms with van der Waals surface area (Å²) in [6, 6.07) is 8.70. The van der Waals surface area contributed by atoms with Crippen molar-refractivity contribution in [3.05, 3.63) is 42.0 Å². The quantitative estimate of drug-likeness (QED) is 0.671. The smallest absolute Gasteiger partial charge is 0.242 e.